The molecule has 1 saturated carbocycles. The Hall–Kier alpha value is -0.940. The van der Waals surface area contributed by atoms with Crippen molar-refractivity contribution in [1.29, 1.82) is 0 Å². The summed E-state index contributed by atoms with van der Waals surface area (Å²) in [6.07, 6.45) is 7.26. The normalized spacial score (nSPS) is 24.7. The first kappa shape index (κ1) is 15.9. The van der Waals surface area contributed by atoms with E-state index in [9.17, 15) is 4.79 Å². The SMILES string of the molecule is Cc1nc(C2CCCC2)sc1C(=O)N1CCC[C@H]([C@H](C)N)C1. The van der Waals surface area contributed by atoms with Crippen molar-refractivity contribution in [1.82, 2.24) is 9.88 Å². The number of aryl methyl sites for hydroxylation is 1. The molecule has 1 saturated heterocycles. The van der Waals surface area contributed by atoms with Gasteiger partial charge >= 0.3 is 0 Å². The number of likely N-dealkylation sites (tertiary alicyclic amines) is 1. The van der Waals surface area contributed by atoms with Crippen LogP contribution in [-0.2, 0) is 0 Å². The summed E-state index contributed by atoms with van der Waals surface area (Å²) >= 11 is 1.63. The summed E-state index contributed by atoms with van der Waals surface area (Å²) in [6.45, 7) is 5.69. The highest BCUT2D eigenvalue weighted by Gasteiger charge is 2.30. The number of hydrogen-bond donors (Lipinski definition) is 1. The van der Waals surface area contributed by atoms with Gasteiger partial charge in [0, 0.05) is 25.0 Å². The van der Waals surface area contributed by atoms with E-state index in [0.29, 0.717) is 11.8 Å². The Bertz CT molecular complexity index is 534. The van der Waals surface area contributed by atoms with E-state index in [1.165, 1.54) is 30.7 Å². The van der Waals surface area contributed by atoms with Crippen LogP contribution in [0.2, 0.25) is 0 Å². The molecule has 1 aromatic rings. The molecular weight excluding hydrogens is 294 g/mol. The summed E-state index contributed by atoms with van der Waals surface area (Å²) in [5.41, 5.74) is 6.95. The van der Waals surface area contributed by atoms with Crippen molar-refractivity contribution in [3.63, 3.8) is 0 Å². The zero-order chi connectivity index (χ0) is 15.7. The van der Waals surface area contributed by atoms with Gasteiger partial charge in [-0.2, -0.15) is 0 Å². The molecule has 22 heavy (non-hydrogen) atoms. The van der Waals surface area contributed by atoms with E-state index in [1.807, 2.05) is 11.8 Å². The van der Waals surface area contributed by atoms with Crippen LogP contribution in [0.4, 0.5) is 0 Å². The average molecular weight is 321 g/mol. The monoisotopic (exact) mass is 321 g/mol. The van der Waals surface area contributed by atoms with Gasteiger partial charge in [-0.15, -0.1) is 11.3 Å². The number of rotatable bonds is 3. The van der Waals surface area contributed by atoms with Crippen LogP contribution in [0.5, 0.6) is 0 Å². The maximum Gasteiger partial charge on any atom is 0.265 e. The van der Waals surface area contributed by atoms with Crippen LogP contribution in [0, 0.1) is 12.8 Å². The van der Waals surface area contributed by atoms with Gasteiger partial charge in [0.2, 0.25) is 0 Å². The lowest BCUT2D eigenvalue weighted by atomic mass is 9.92. The summed E-state index contributed by atoms with van der Waals surface area (Å²) in [6, 6.07) is 0.159. The van der Waals surface area contributed by atoms with E-state index < -0.39 is 0 Å². The summed E-state index contributed by atoms with van der Waals surface area (Å²) in [7, 11) is 0. The van der Waals surface area contributed by atoms with Crippen molar-refractivity contribution in [3.8, 4) is 0 Å². The smallest absolute Gasteiger partial charge is 0.265 e. The lowest BCUT2D eigenvalue weighted by molar-refractivity contribution is 0.0665. The van der Waals surface area contributed by atoms with Crippen LogP contribution in [0.1, 0.15) is 71.7 Å². The number of carbonyl (C=O) groups excluding carboxylic acids is 1. The maximum atomic E-state index is 12.9. The van der Waals surface area contributed by atoms with E-state index >= 15 is 0 Å². The number of nitrogens with zero attached hydrogens (tertiary/aromatic N) is 2. The molecular formula is C17H27N3OS. The third-order valence-corrected chi connectivity index (χ3v) is 6.51. The molecule has 0 aromatic carbocycles. The lowest BCUT2D eigenvalue weighted by Crippen LogP contribution is -2.45. The van der Waals surface area contributed by atoms with E-state index in [0.717, 1.165) is 36.5 Å². The fourth-order valence-electron chi connectivity index (χ4n) is 3.73. The topological polar surface area (TPSA) is 59.2 Å². The van der Waals surface area contributed by atoms with E-state index in [1.54, 1.807) is 11.3 Å². The van der Waals surface area contributed by atoms with Crippen molar-refractivity contribution < 1.29 is 4.79 Å². The molecule has 122 valence electrons. The Kier molecular flexibility index (Phi) is 4.83. The number of piperidine rings is 1. The van der Waals surface area contributed by atoms with Crippen LogP contribution in [0.3, 0.4) is 0 Å². The largest absolute Gasteiger partial charge is 0.338 e. The Morgan fingerprint density at radius 2 is 2.05 bits per heavy atom. The molecule has 2 fully saturated rings. The fourth-order valence-corrected chi connectivity index (χ4v) is 4.93. The van der Waals surface area contributed by atoms with Gasteiger partial charge in [0.05, 0.1) is 10.7 Å². The first-order chi connectivity index (χ1) is 10.6. The minimum Gasteiger partial charge on any atom is -0.338 e. The summed E-state index contributed by atoms with van der Waals surface area (Å²) < 4.78 is 0. The Morgan fingerprint density at radius 1 is 1.32 bits per heavy atom. The van der Waals surface area contributed by atoms with Gasteiger partial charge in [-0.05, 0) is 45.4 Å². The number of nitrogens with two attached hydrogens (primary N) is 1. The van der Waals surface area contributed by atoms with Crippen molar-refractivity contribution in [2.24, 2.45) is 11.7 Å². The van der Waals surface area contributed by atoms with Gasteiger partial charge in [0.1, 0.15) is 4.88 Å². The number of aromatic nitrogens is 1. The second kappa shape index (κ2) is 6.67. The molecule has 2 N–H and O–H groups in total. The molecule has 1 amide bonds. The third-order valence-electron chi connectivity index (χ3n) is 5.20. The molecule has 1 aromatic heterocycles. The third kappa shape index (κ3) is 3.20. The van der Waals surface area contributed by atoms with Gasteiger partial charge < -0.3 is 10.6 Å². The molecule has 1 aliphatic heterocycles. The molecule has 4 nitrogen and oxygen atoms in total. The number of hydrogen-bond acceptors (Lipinski definition) is 4. The molecule has 2 atom stereocenters. The van der Waals surface area contributed by atoms with Crippen LogP contribution >= 0.6 is 11.3 Å². The minimum atomic E-state index is 0.159. The van der Waals surface area contributed by atoms with Gasteiger partial charge in [0.15, 0.2) is 0 Å². The predicted molar refractivity (Wildman–Crippen MR) is 90.3 cm³/mol. The predicted octanol–water partition coefficient (Wildman–Crippen LogP) is 3.31. The first-order valence-electron chi connectivity index (χ1n) is 8.58. The Balaban J connectivity index is 1.74. The maximum absolute atomic E-state index is 12.9. The highest BCUT2D eigenvalue weighted by Crippen LogP contribution is 2.37. The highest BCUT2D eigenvalue weighted by molar-refractivity contribution is 7.13. The second-order valence-electron chi connectivity index (χ2n) is 6.96. The average Bonchev–Trinajstić information content (AvgIpc) is 3.16. The Morgan fingerprint density at radius 3 is 2.73 bits per heavy atom. The van der Waals surface area contributed by atoms with Gasteiger partial charge in [-0.3, -0.25) is 4.79 Å². The lowest BCUT2D eigenvalue weighted by Gasteiger charge is -2.34. The van der Waals surface area contributed by atoms with Crippen LogP contribution in [-0.4, -0.2) is 34.9 Å². The van der Waals surface area contributed by atoms with E-state index in [4.69, 9.17) is 10.7 Å². The second-order valence-corrected chi connectivity index (χ2v) is 7.99. The standard InChI is InChI=1S/C17H27N3OS/c1-11(18)14-8-5-9-20(10-14)17(21)15-12(2)19-16(22-15)13-6-3-4-7-13/h11,13-14H,3-10,18H2,1-2H3/t11-,14-/m0/s1. The molecule has 0 spiro atoms. The summed E-state index contributed by atoms with van der Waals surface area (Å²) in [5.74, 6) is 1.19. The first-order valence-corrected chi connectivity index (χ1v) is 9.40. The van der Waals surface area contributed by atoms with Crippen molar-refractivity contribution >= 4 is 17.2 Å². The van der Waals surface area contributed by atoms with Crippen molar-refractivity contribution in [3.05, 3.63) is 15.6 Å². The minimum absolute atomic E-state index is 0.159. The van der Waals surface area contributed by atoms with Gasteiger partial charge in [-0.25, -0.2) is 4.98 Å². The van der Waals surface area contributed by atoms with Gasteiger partial charge in [-0.1, -0.05) is 12.8 Å². The molecule has 2 aliphatic rings. The van der Waals surface area contributed by atoms with Crippen molar-refractivity contribution in [2.45, 2.75) is 64.3 Å². The van der Waals surface area contributed by atoms with E-state index in [-0.39, 0.29) is 11.9 Å². The van der Waals surface area contributed by atoms with Crippen LogP contribution < -0.4 is 5.73 Å². The number of carbonyl (C=O) groups is 1. The number of amides is 1. The number of thiazole rings is 1. The molecule has 2 heterocycles. The van der Waals surface area contributed by atoms with Crippen molar-refractivity contribution in [2.75, 3.05) is 13.1 Å². The molecule has 0 bridgehead atoms. The molecule has 0 unspecified atom stereocenters. The van der Waals surface area contributed by atoms with Gasteiger partial charge in [0.25, 0.3) is 5.91 Å². The molecule has 3 rings (SSSR count). The molecule has 5 heteroatoms. The van der Waals surface area contributed by atoms with Crippen LogP contribution in [0.25, 0.3) is 0 Å². The molecule has 1 aliphatic carbocycles. The van der Waals surface area contributed by atoms with E-state index in [2.05, 4.69) is 6.92 Å². The highest BCUT2D eigenvalue weighted by atomic mass is 32.1. The molecule has 0 radical (unpaired) electrons. The Labute approximate surface area is 137 Å². The quantitative estimate of drug-likeness (QED) is 0.929. The zero-order valence-electron chi connectivity index (χ0n) is 13.7. The van der Waals surface area contributed by atoms with Crippen LogP contribution in [0.15, 0.2) is 0 Å². The summed E-state index contributed by atoms with van der Waals surface area (Å²) in [4.78, 5) is 20.4. The summed E-state index contributed by atoms with van der Waals surface area (Å²) in [5, 5.41) is 1.18. The zero-order valence-corrected chi connectivity index (χ0v) is 14.5. The fraction of sp³-hybridized carbons (Fsp3) is 0.765.